The number of carbonyl (C=O) groups is 2. The van der Waals surface area contributed by atoms with Crippen molar-refractivity contribution in [1.29, 1.82) is 0 Å². The van der Waals surface area contributed by atoms with Gasteiger partial charge in [-0.05, 0) is 35.6 Å². The van der Waals surface area contributed by atoms with Crippen LogP contribution in [0, 0.1) is 5.92 Å². The average molecular weight is 340 g/mol. The predicted molar refractivity (Wildman–Crippen MR) is 96.3 cm³/mol. The average Bonchev–Trinajstić information content (AvgIpc) is 3.17. The summed E-state index contributed by atoms with van der Waals surface area (Å²) < 4.78 is 1.55. The van der Waals surface area contributed by atoms with Crippen LogP contribution in [-0.4, -0.2) is 28.1 Å². The SMILES string of the molecule is CC(C)CC(=O)N1CCc2cc(CNC(=O)c3ccnn3C)ccc21. The molecule has 3 rings (SSSR count). The molecule has 25 heavy (non-hydrogen) atoms. The van der Waals surface area contributed by atoms with E-state index in [2.05, 4.69) is 30.3 Å². The fraction of sp³-hybridized carbons (Fsp3) is 0.421. The molecule has 1 aliphatic rings. The molecule has 1 aliphatic heterocycles. The maximum absolute atomic E-state index is 12.3. The van der Waals surface area contributed by atoms with E-state index >= 15 is 0 Å². The van der Waals surface area contributed by atoms with E-state index in [1.807, 2.05) is 17.0 Å². The first-order valence-electron chi connectivity index (χ1n) is 8.64. The third kappa shape index (κ3) is 3.73. The highest BCUT2D eigenvalue weighted by molar-refractivity contribution is 5.95. The maximum atomic E-state index is 12.3. The zero-order valence-corrected chi connectivity index (χ0v) is 15.0. The number of carbonyl (C=O) groups excluding carboxylic acids is 2. The lowest BCUT2D eigenvalue weighted by Gasteiger charge is -2.18. The van der Waals surface area contributed by atoms with Gasteiger partial charge >= 0.3 is 0 Å². The lowest BCUT2D eigenvalue weighted by atomic mass is 10.1. The number of hydrogen-bond acceptors (Lipinski definition) is 3. The Hall–Kier alpha value is -2.63. The van der Waals surface area contributed by atoms with Gasteiger partial charge < -0.3 is 10.2 Å². The van der Waals surface area contributed by atoms with Gasteiger partial charge in [-0.15, -0.1) is 0 Å². The number of nitrogens with zero attached hydrogens (tertiary/aromatic N) is 3. The molecule has 0 spiro atoms. The van der Waals surface area contributed by atoms with Crippen molar-refractivity contribution in [2.24, 2.45) is 13.0 Å². The van der Waals surface area contributed by atoms with E-state index in [9.17, 15) is 9.59 Å². The minimum absolute atomic E-state index is 0.144. The Labute approximate surface area is 147 Å². The van der Waals surface area contributed by atoms with E-state index in [0.29, 0.717) is 24.6 Å². The number of fused-ring (bicyclic) bond motifs is 1. The van der Waals surface area contributed by atoms with E-state index < -0.39 is 0 Å². The number of aromatic nitrogens is 2. The topological polar surface area (TPSA) is 67.2 Å². The highest BCUT2D eigenvalue weighted by Gasteiger charge is 2.25. The summed E-state index contributed by atoms with van der Waals surface area (Å²) in [4.78, 5) is 26.4. The van der Waals surface area contributed by atoms with Crippen LogP contribution < -0.4 is 10.2 Å². The van der Waals surface area contributed by atoms with Gasteiger partial charge in [0.1, 0.15) is 5.69 Å². The first kappa shape index (κ1) is 17.2. The Morgan fingerprint density at radius 2 is 2.08 bits per heavy atom. The molecule has 0 aliphatic carbocycles. The summed E-state index contributed by atoms with van der Waals surface area (Å²) in [5, 5.41) is 6.92. The molecule has 132 valence electrons. The molecule has 0 unspecified atom stereocenters. The molecule has 2 amide bonds. The zero-order chi connectivity index (χ0) is 18.0. The van der Waals surface area contributed by atoms with E-state index in [0.717, 1.165) is 24.2 Å². The monoisotopic (exact) mass is 340 g/mol. The second-order valence-electron chi connectivity index (χ2n) is 6.88. The van der Waals surface area contributed by atoms with Crippen LogP contribution in [0.1, 0.15) is 41.9 Å². The minimum Gasteiger partial charge on any atom is -0.347 e. The van der Waals surface area contributed by atoms with Gasteiger partial charge in [0.05, 0.1) is 0 Å². The van der Waals surface area contributed by atoms with Gasteiger partial charge in [0.2, 0.25) is 5.91 Å². The number of hydrogen-bond donors (Lipinski definition) is 1. The largest absolute Gasteiger partial charge is 0.347 e. The van der Waals surface area contributed by atoms with Gasteiger partial charge in [0, 0.05) is 38.4 Å². The molecule has 2 heterocycles. The summed E-state index contributed by atoms with van der Waals surface area (Å²) in [6.07, 6.45) is 3.04. The zero-order valence-electron chi connectivity index (χ0n) is 15.0. The standard InChI is InChI=1S/C19H24N4O2/c1-13(2)10-18(24)23-9-7-15-11-14(4-5-16(15)23)12-20-19(25)17-6-8-21-22(17)3/h4-6,8,11,13H,7,9-10,12H2,1-3H3,(H,20,25). The van der Waals surface area contributed by atoms with Crippen molar-refractivity contribution in [3.05, 3.63) is 47.3 Å². The number of nitrogens with one attached hydrogen (secondary N) is 1. The molecule has 2 aromatic rings. The van der Waals surface area contributed by atoms with Crippen LogP contribution in [0.15, 0.2) is 30.5 Å². The van der Waals surface area contributed by atoms with Crippen molar-refractivity contribution in [3.63, 3.8) is 0 Å². The highest BCUT2D eigenvalue weighted by atomic mass is 16.2. The van der Waals surface area contributed by atoms with E-state index in [4.69, 9.17) is 0 Å². The summed E-state index contributed by atoms with van der Waals surface area (Å²) in [5.74, 6) is 0.401. The van der Waals surface area contributed by atoms with Crippen molar-refractivity contribution in [1.82, 2.24) is 15.1 Å². The number of benzene rings is 1. The molecule has 6 heteroatoms. The van der Waals surface area contributed by atoms with Gasteiger partial charge in [-0.2, -0.15) is 5.10 Å². The second-order valence-corrected chi connectivity index (χ2v) is 6.88. The summed E-state index contributed by atoms with van der Waals surface area (Å²) in [5.41, 5.74) is 3.75. The number of aryl methyl sites for hydroxylation is 1. The van der Waals surface area contributed by atoms with Crippen LogP contribution in [0.25, 0.3) is 0 Å². The van der Waals surface area contributed by atoms with Crippen molar-refractivity contribution in [2.45, 2.75) is 33.2 Å². The van der Waals surface area contributed by atoms with Crippen LogP contribution in [0.5, 0.6) is 0 Å². The predicted octanol–water partition coefficient (Wildman–Crippen LogP) is 2.29. The molecule has 0 saturated carbocycles. The van der Waals surface area contributed by atoms with Crippen molar-refractivity contribution < 1.29 is 9.59 Å². The normalized spacial score (nSPS) is 13.2. The third-order valence-electron chi connectivity index (χ3n) is 4.43. The number of amides is 2. The molecule has 1 aromatic heterocycles. The molecule has 0 fully saturated rings. The Morgan fingerprint density at radius 1 is 1.28 bits per heavy atom. The van der Waals surface area contributed by atoms with Gasteiger partial charge in [0.25, 0.3) is 5.91 Å². The molecule has 0 bridgehead atoms. The van der Waals surface area contributed by atoms with Crippen LogP contribution >= 0.6 is 0 Å². The molecular formula is C19H24N4O2. The molecule has 0 atom stereocenters. The van der Waals surface area contributed by atoms with Crippen molar-refractivity contribution in [2.75, 3.05) is 11.4 Å². The smallest absolute Gasteiger partial charge is 0.269 e. The third-order valence-corrected chi connectivity index (χ3v) is 4.43. The first-order chi connectivity index (χ1) is 12.0. The molecule has 0 radical (unpaired) electrons. The lowest BCUT2D eigenvalue weighted by molar-refractivity contribution is -0.119. The Balaban J connectivity index is 1.65. The Bertz CT molecular complexity index is 794. The fourth-order valence-corrected chi connectivity index (χ4v) is 3.15. The van der Waals surface area contributed by atoms with Gasteiger partial charge in [-0.25, -0.2) is 0 Å². The van der Waals surface area contributed by atoms with Crippen LogP contribution in [0.2, 0.25) is 0 Å². The van der Waals surface area contributed by atoms with Gasteiger partial charge in [0.15, 0.2) is 0 Å². The summed E-state index contributed by atoms with van der Waals surface area (Å²) in [7, 11) is 1.74. The summed E-state index contributed by atoms with van der Waals surface area (Å²) in [6.45, 7) is 5.31. The second kappa shape index (κ2) is 7.09. The minimum atomic E-state index is -0.144. The lowest BCUT2D eigenvalue weighted by Crippen LogP contribution is -2.29. The van der Waals surface area contributed by atoms with Crippen LogP contribution in [0.3, 0.4) is 0 Å². The first-order valence-corrected chi connectivity index (χ1v) is 8.64. The van der Waals surface area contributed by atoms with Crippen molar-refractivity contribution in [3.8, 4) is 0 Å². The highest BCUT2D eigenvalue weighted by Crippen LogP contribution is 2.30. The van der Waals surface area contributed by atoms with Crippen LogP contribution in [0.4, 0.5) is 5.69 Å². The Kier molecular flexibility index (Phi) is 4.88. The molecule has 6 nitrogen and oxygen atoms in total. The summed E-state index contributed by atoms with van der Waals surface area (Å²) in [6, 6.07) is 7.74. The Morgan fingerprint density at radius 3 is 2.76 bits per heavy atom. The maximum Gasteiger partial charge on any atom is 0.269 e. The summed E-state index contributed by atoms with van der Waals surface area (Å²) >= 11 is 0. The van der Waals surface area contributed by atoms with Crippen LogP contribution in [-0.2, 0) is 24.8 Å². The fourth-order valence-electron chi connectivity index (χ4n) is 3.15. The van der Waals surface area contributed by atoms with E-state index in [1.54, 1.807) is 24.0 Å². The van der Waals surface area contributed by atoms with Gasteiger partial charge in [-0.1, -0.05) is 26.0 Å². The van der Waals surface area contributed by atoms with Crippen molar-refractivity contribution >= 4 is 17.5 Å². The quantitative estimate of drug-likeness (QED) is 0.908. The van der Waals surface area contributed by atoms with E-state index in [1.165, 1.54) is 5.56 Å². The number of anilines is 1. The molecule has 1 aromatic carbocycles. The number of rotatable bonds is 5. The molecule has 1 N–H and O–H groups in total. The van der Waals surface area contributed by atoms with E-state index in [-0.39, 0.29) is 11.8 Å². The van der Waals surface area contributed by atoms with Gasteiger partial charge in [-0.3, -0.25) is 14.3 Å². The molecule has 0 saturated heterocycles. The molecular weight excluding hydrogens is 316 g/mol.